The third kappa shape index (κ3) is 3.29. The van der Waals surface area contributed by atoms with Crippen LogP contribution in [0.4, 0.5) is 0 Å². The van der Waals surface area contributed by atoms with Gasteiger partial charge in [-0.25, -0.2) is 0 Å². The molecule has 0 radical (unpaired) electrons. The van der Waals surface area contributed by atoms with Crippen molar-refractivity contribution in [1.82, 2.24) is 0 Å². The molecule has 0 fully saturated rings. The van der Waals surface area contributed by atoms with Gasteiger partial charge in [0.1, 0.15) is 0 Å². The Morgan fingerprint density at radius 3 is 2.35 bits per heavy atom. The molecule has 0 aliphatic rings. The first-order chi connectivity index (χ1) is 9.49. The topological polar surface area (TPSA) is 17.1 Å². The van der Waals surface area contributed by atoms with Gasteiger partial charge >= 0.3 is 0 Å². The van der Waals surface area contributed by atoms with Gasteiger partial charge in [-0.2, -0.15) is 0 Å². The molecule has 0 aromatic heterocycles. The van der Waals surface area contributed by atoms with Crippen LogP contribution in [0.1, 0.15) is 46.8 Å². The van der Waals surface area contributed by atoms with Crippen LogP contribution in [-0.2, 0) is 6.42 Å². The molecule has 2 rings (SSSR count). The lowest BCUT2D eigenvalue weighted by molar-refractivity contribution is 0.0992. The van der Waals surface area contributed by atoms with Crippen LogP contribution < -0.4 is 0 Å². The molecular weight excluding hydrogens is 268 g/mol. The van der Waals surface area contributed by atoms with E-state index in [2.05, 4.69) is 26.0 Å². The van der Waals surface area contributed by atoms with Crippen molar-refractivity contribution in [3.8, 4) is 0 Å². The van der Waals surface area contributed by atoms with Crippen LogP contribution in [-0.4, -0.2) is 5.78 Å². The monoisotopic (exact) mass is 286 g/mol. The number of benzene rings is 2. The van der Waals surface area contributed by atoms with Crippen molar-refractivity contribution < 1.29 is 4.79 Å². The van der Waals surface area contributed by atoms with Crippen LogP contribution in [0.3, 0.4) is 0 Å². The summed E-state index contributed by atoms with van der Waals surface area (Å²) in [4.78, 5) is 12.3. The molecule has 2 aromatic rings. The maximum atomic E-state index is 12.3. The molecule has 0 unspecified atom stereocenters. The number of halogens is 1. The summed E-state index contributed by atoms with van der Waals surface area (Å²) in [6.07, 6.45) is 0.416. The van der Waals surface area contributed by atoms with Gasteiger partial charge in [0.25, 0.3) is 0 Å². The molecule has 0 amide bonds. The molecule has 0 spiro atoms. The zero-order valence-electron chi connectivity index (χ0n) is 12.1. The van der Waals surface area contributed by atoms with Crippen molar-refractivity contribution in [1.29, 1.82) is 0 Å². The number of Topliss-reactive ketones (excluding diaryl/α,β-unsaturated/α-hetero) is 1. The average molecular weight is 287 g/mol. The molecule has 0 heterocycles. The zero-order valence-corrected chi connectivity index (χ0v) is 12.9. The van der Waals surface area contributed by atoms with Gasteiger partial charge in [0.05, 0.1) is 0 Å². The second-order valence-corrected chi connectivity index (χ2v) is 5.82. The van der Waals surface area contributed by atoms with Gasteiger partial charge in [0.15, 0.2) is 5.78 Å². The SMILES string of the molecule is Cc1c(Cl)cccc1C(=O)Cc1ccc(C(C)C)cc1. The van der Waals surface area contributed by atoms with Gasteiger partial charge in [-0.05, 0) is 35.6 Å². The van der Waals surface area contributed by atoms with Crippen molar-refractivity contribution in [3.05, 3.63) is 69.7 Å². The van der Waals surface area contributed by atoms with Gasteiger partial charge < -0.3 is 0 Å². The highest BCUT2D eigenvalue weighted by atomic mass is 35.5. The summed E-state index contributed by atoms with van der Waals surface area (Å²) < 4.78 is 0. The Labute approximate surface area is 125 Å². The lowest BCUT2D eigenvalue weighted by atomic mass is 9.97. The van der Waals surface area contributed by atoms with E-state index in [-0.39, 0.29) is 5.78 Å². The van der Waals surface area contributed by atoms with Crippen LogP contribution >= 0.6 is 11.6 Å². The summed E-state index contributed by atoms with van der Waals surface area (Å²) in [6.45, 7) is 6.21. The zero-order chi connectivity index (χ0) is 14.7. The van der Waals surface area contributed by atoms with E-state index in [0.29, 0.717) is 22.9 Å². The molecular formula is C18H19ClO. The summed E-state index contributed by atoms with van der Waals surface area (Å²) in [5.41, 5.74) is 3.90. The Balaban J connectivity index is 2.17. The smallest absolute Gasteiger partial charge is 0.167 e. The maximum Gasteiger partial charge on any atom is 0.167 e. The lowest BCUT2D eigenvalue weighted by Gasteiger charge is -2.08. The Hall–Kier alpha value is -1.60. The number of carbonyl (C=O) groups excluding carboxylic acids is 1. The molecule has 2 aromatic carbocycles. The molecule has 2 heteroatoms. The highest BCUT2D eigenvalue weighted by Gasteiger charge is 2.11. The van der Waals surface area contributed by atoms with Gasteiger partial charge in [0, 0.05) is 17.0 Å². The molecule has 0 aliphatic carbocycles. The lowest BCUT2D eigenvalue weighted by Crippen LogP contribution is -2.06. The Morgan fingerprint density at radius 2 is 1.75 bits per heavy atom. The van der Waals surface area contributed by atoms with E-state index >= 15 is 0 Å². The van der Waals surface area contributed by atoms with E-state index in [4.69, 9.17) is 11.6 Å². The molecule has 0 saturated carbocycles. The predicted molar refractivity (Wildman–Crippen MR) is 84.8 cm³/mol. The largest absolute Gasteiger partial charge is 0.294 e. The summed E-state index contributed by atoms with van der Waals surface area (Å²) >= 11 is 6.06. The molecule has 104 valence electrons. The number of rotatable bonds is 4. The summed E-state index contributed by atoms with van der Waals surface area (Å²) in [5, 5.41) is 0.644. The van der Waals surface area contributed by atoms with Crippen LogP contribution in [0.15, 0.2) is 42.5 Å². The molecule has 0 saturated heterocycles. The summed E-state index contributed by atoms with van der Waals surface area (Å²) in [7, 11) is 0. The predicted octanol–water partition coefficient (Wildman–Crippen LogP) is 5.20. The quantitative estimate of drug-likeness (QED) is 0.706. The van der Waals surface area contributed by atoms with Gasteiger partial charge in [-0.3, -0.25) is 4.79 Å². The molecule has 0 aliphatic heterocycles. The minimum atomic E-state index is 0.113. The fourth-order valence-electron chi connectivity index (χ4n) is 2.21. The first-order valence-corrected chi connectivity index (χ1v) is 7.24. The Morgan fingerprint density at radius 1 is 1.10 bits per heavy atom. The first kappa shape index (κ1) is 14.8. The average Bonchev–Trinajstić information content (AvgIpc) is 2.42. The Kier molecular flexibility index (Phi) is 4.61. The number of carbonyl (C=O) groups is 1. The molecule has 0 atom stereocenters. The van der Waals surface area contributed by atoms with Crippen LogP contribution in [0.2, 0.25) is 5.02 Å². The van der Waals surface area contributed by atoms with E-state index in [1.165, 1.54) is 5.56 Å². The van der Waals surface area contributed by atoms with E-state index in [0.717, 1.165) is 11.1 Å². The third-order valence-electron chi connectivity index (χ3n) is 3.58. The van der Waals surface area contributed by atoms with Crippen molar-refractivity contribution in [2.45, 2.75) is 33.1 Å². The third-order valence-corrected chi connectivity index (χ3v) is 3.99. The van der Waals surface area contributed by atoms with Crippen LogP contribution in [0, 0.1) is 6.92 Å². The second kappa shape index (κ2) is 6.23. The van der Waals surface area contributed by atoms with Crippen LogP contribution in [0.5, 0.6) is 0 Å². The highest BCUT2D eigenvalue weighted by Crippen LogP contribution is 2.21. The van der Waals surface area contributed by atoms with Gasteiger partial charge in [-0.15, -0.1) is 0 Å². The minimum Gasteiger partial charge on any atom is -0.294 e. The van der Waals surface area contributed by atoms with E-state index in [1.807, 2.05) is 37.3 Å². The minimum absolute atomic E-state index is 0.113. The number of hydrogen-bond donors (Lipinski definition) is 0. The fourth-order valence-corrected chi connectivity index (χ4v) is 2.39. The van der Waals surface area contributed by atoms with E-state index in [9.17, 15) is 4.79 Å². The molecule has 1 nitrogen and oxygen atoms in total. The van der Waals surface area contributed by atoms with Crippen molar-refractivity contribution >= 4 is 17.4 Å². The molecule has 20 heavy (non-hydrogen) atoms. The standard InChI is InChI=1S/C18H19ClO/c1-12(2)15-9-7-14(8-10-15)11-18(20)16-5-4-6-17(19)13(16)3/h4-10,12H,11H2,1-3H3. The van der Waals surface area contributed by atoms with Gasteiger partial charge in [-0.1, -0.05) is 61.8 Å². The summed E-state index contributed by atoms with van der Waals surface area (Å²) in [5.74, 6) is 0.622. The second-order valence-electron chi connectivity index (χ2n) is 5.41. The fraction of sp³-hybridized carbons (Fsp3) is 0.278. The molecule has 0 bridgehead atoms. The van der Waals surface area contributed by atoms with E-state index in [1.54, 1.807) is 0 Å². The van der Waals surface area contributed by atoms with Crippen LogP contribution in [0.25, 0.3) is 0 Å². The summed E-state index contributed by atoms with van der Waals surface area (Å²) in [6, 6.07) is 13.7. The van der Waals surface area contributed by atoms with Crippen molar-refractivity contribution in [3.63, 3.8) is 0 Å². The Bertz CT molecular complexity index is 612. The van der Waals surface area contributed by atoms with Crippen molar-refractivity contribution in [2.24, 2.45) is 0 Å². The van der Waals surface area contributed by atoms with Crippen molar-refractivity contribution in [2.75, 3.05) is 0 Å². The van der Waals surface area contributed by atoms with Gasteiger partial charge in [0.2, 0.25) is 0 Å². The maximum absolute atomic E-state index is 12.3. The highest BCUT2D eigenvalue weighted by molar-refractivity contribution is 6.31. The van der Waals surface area contributed by atoms with E-state index < -0.39 is 0 Å². The first-order valence-electron chi connectivity index (χ1n) is 6.86. The molecule has 0 N–H and O–H groups in total. The number of hydrogen-bond acceptors (Lipinski definition) is 1. The number of ketones is 1. The normalized spacial score (nSPS) is 10.8.